The van der Waals surface area contributed by atoms with Gasteiger partial charge in [-0.1, -0.05) is 40.3 Å². The number of rotatable bonds is 3. The fourth-order valence-corrected chi connectivity index (χ4v) is 1.30. The minimum Gasteiger partial charge on any atom is -0.469 e. The summed E-state index contributed by atoms with van der Waals surface area (Å²) in [6, 6.07) is 1.95. The van der Waals surface area contributed by atoms with Crippen LogP contribution in [0.1, 0.15) is 121 Å². The molecule has 0 radical (unpaired) electrons. The summed E-state index contributed by atoms with van der Waals surface area (Å²) < 4.78 is 95.9. The first kappa shape index (κ1) is 55.4. The first-order chi connectivity index (χ1) is 20.4. The number of aryl methyl sites for hydroxylation is 2. The van der Waals surface area contributed by atoms with E-state index in [4.69, 9.17) is 4.42 Å². The Bertz CT molecular complexity index is 1030. The maximum absolute atomic E-state index is 11.5. The smallest absolute Gasteiger partial charge is 0.412 e. The van der Waals surface area contributed by atoms with Gasteiger partial charge in [0.05, 0.1) is 18.6 Å². The minimum absolute atomic E-state index is 0. The lowest BCUT2D eigenvalue weighted by molar-refractivity contribution is -0.116. The number of hydrogen-bond donors (Lipinski definition) is 0. The second kappa shape index (κ2) is 32.0. The normalized spacial score (nSPS) is 11.9. The van der Waals surface area contributed by atoms with Crippen LogP contribution in [-0.4, -0.2) is 30.6 Å². The third-order valence-corrected chi connectivity index (χ3v) is 5.65. The number of Topliss-reactive ketones (excluding diaryl/α,β-unsaturated/α-hetero) is 1. The first-order valence-electron chi connectivity index (χ1n) is 14.4. The van der Waals surface area contributed by atoms with E-state index in [0.29, 0.717) is 12.8 Å². The number of allylic oxidation sites excluding steroid dienone is 6. The summed E-state index contributed by atoms with van der Waals surface area (Å²) in [7, 11) is 0. The van der Waals surface area contributed by atoms with E-state index in [1.807, 2.05) is 33.1 Å². The van der Waals surface area contributed by atoms with E-state index < -0.39 is 23.8 Å². The van der Waals surface area contributed by atoms with E-state index in [1.54, 1.807) is 27.0 Å². The molecule has 0 N–H and O–H groups in total. The van der Waals surface area contributed by atoms with Gasteiger partial charge in [-0.25, -0.2) is 13.2 Å². The molecule has 1 aromatic rings. The standard InChI is InChI=1S/C6H9N.C6H8O.C5H7F3.C5H8F2.C4H8F2.C4H7F.C4H8O.CH4/c1-5-3-7-4-6(5)2;1-5-3-4-7-6(5)2;1-3-4(2)5(6,7)8;1-3-4(2)5(6)7;1-3-4(2,5)6;2*1-3-4(2)5;/h3H,4H2,1-2H3;3-4H,1-2H3;3H,1-2H3;3H2,1-2H3;3H2,1-2H3;3H,1-2H3;3H2,1-2H3;1H4/b;;4-3+;;;4-3+;;. The average Bonchev–Trinajstić information content (AvgIpc) is 3.53. The third kappa shape index (κ3) is 45.4. The van der Waals surface area contributed by atoms with Crippen LogP contribution in [0.15, 0.2) is 68.1 Å². The highest BCUT2D eigenvalue weighted by Gasteiger charge is 2.28. The predicted molar refractivity (Wildman–Crippen MR) is 180 cm³/mol. The van der Waals surface area contributed by atoms with Gasteiger partial charge in [0.25, 0.3) is 6.08 Å². The van der Waals surface area contributed by atoms with E-state index >= 15 is 0 Å². The fourth-order valence-electron chi connectivity index (χ4n) is 1.30. The summed E-state index contributed by atoms with van der Waals surface area (Å²) in [4.78, 5) is 13.9. The van der Waals surface area contributed by atoms with Crippen LogP contribution in [0.4, 0.5) is 35.1 Å². The molecule has 0 aromatic carbocycles. The SMILES string of the molecule is C.C/C=C(\C)C(F)(F)F.C/C=C(\C)F.CC1=C(C)CN=C1.CCC(C)(F)F.CCC(C)=C(F)F.CCC(C)=O.Cc1ccoc1C. The van der Waals surface area contributed by atoms with Crippen LogP contribution in [0.25, 0.3) is 0 Å². The number of carbonyl (C=O) groups excluding carboxylic acids is 1. The van der Waals surface area contributed by atoms with Gasteiger partial charge in [0.15, 0.2) is 0 Å². The molecule has 1 aliphatic rings. The Labute approximate surface area is 273 Å². The maximum atomic E-state index is 11.5. The number of aliphatic imine (C=N–C) groups is 1. The van der Waals surface area contributed by atoms with Gasteiger partial charge >= 0.3 is 6.18 Å². The molecule has 1 aliphatic heterocycles. The Morgan fingerprint density at radius 1 is 0.891 bits per heavy atom. The molecular formula is C35H59F8NO2. The van der Waals surface area contributed by atoms with Crippen molar-refractivity contribution in [1.29, 1.82) is 0 Å². The van der Waals surface area contributed by atoms with Gasteiger partial charge in [-0.05, 0) is 111 Å². The van der Waals surface area contributed by atoms with E-state index in [2.05, 4.69) is 18.8 Å². The summed E-state index contributed by atoms with van der Waals surface area (Å²) in [6.45, 7) is 23.5. The molecule has 46 heavy (non-hydrogen) atoms. The van der Waals surface area contributed by atoms with E-state index in [0.717, 1.165) is 32.2 Å². The van der Waals surface area contributed by atoms with Crippen molar-refractivity contribution >= 4 is 12.0 Å². The van der Waals surface area contributed by atoms with Crippen molar-refractivity contribution in [2.45, 2.75) is 136 Å². The maximum Gasteiger partial charge on any atom is 0.412 e. The van der Waals surface area contributed by atoms with E-state index in [-0.39, 0.29) is 31.0 Å². The van der Waals surface area contributed by atoms with E-state index in [9.17, 15) is 39.9 Å². The summed E-state index contributed by atoms with van der Waals surface area (Å²) in [5.74, 6) is -1.31. The van der Waals surface area contributed by atoms with Gasteiger partial charge in [-0.3, -0.25) is 4.99 Å². The molecule has 0 aliphatic carbocycles. The molecule has 0 spiro atoms. The Morgan fingerprint density at radius 3 is 1.35 bits per heavy atom. The molecule has 0 bridgehead atoms. The quantitative estimate of drug-likeness (QED) is 0.236. The number of hydrogen-bond acceptors (Lipinski definition) is 3. The molecule has 272 valence electrons. The number of halogens is 8. The molecule has 1 aromatic heterocycles. The number of carbonyl (C=O) groups is 1. The highest BCUT2D eigenvalue weighted by molar-refractivity contribution is 5.81. The van der Waals surface area contributed by atoms with Gasteiger partial charge in [0, 0.05) is 24.6 Å². The van der Waals surface area contributed by atoms with Crippen LogP contribution in [0.5, 0.6) is 0 Å². The van der Waals surface area contributed by atoms with Gasteiger partial charge < -0.3 is 9.21 Å². The molecule has 0 atom stereocenters. The molecule has 0 saturated heterocycles. The van der Waals surface area contributed by atoms with Crippen LogP contribution in [0.2, 0.25) is 0 Å². The predicted octanol–water partition coefficient (Wildman–Crippen LogP) is 13.9. The zero-order chi connectivity index (χ0) is 37.0. The van der Waals surface area contributed by atoms with Gasteiger partial charge in [0.2, 0.25) is 5.92 Å². The minimum atomic E-state index is -4.13. The molecule has 3 nitrogen and oxygen atoms in total. The Morgan fingerprint density at radius 2 is 1.30 bits per heavy atom. The van der Waals surface area contributed by atoms with Crippen molar-refractivity contribution in [2.75, 3.05) is 6.54 Å². The average molecular weight is 678 g/mol. The highest BCUT2D eigenvalue weighted by atomic mass is 19.4. The van der Waals surface area contributed by atoms with Crippen molar-refractivity contribution in [1.82, 2.24) is 0 Å². The molecule has 0 amide bonds. The lowest BCUT2D eigenvalue weighted by atomic mass is 10.2. The number of ketones is 1. The zero-order valence-corrected chi connectivity index (χ0v) is 29.5. The van der Waals surface area contributed by atoms with Gasteiger partial charge in [-0.2, -0.15) is 22.0 Å². The first-order valence-corrected chi connectivity index (χ1v) is 14.4. The number of alkyl halides is 5. The van der Waals surface area contributed by atoms with Crippen molar-refractivity contribution in [3.05, 3.63) is 70.0 Å². The Hall–Kier alpha value is -2.98. The fraction of sp³-hybridized carbons (Fsp3) is 0.600. The summed E-state index contributed by atoms with van der Waals surface area (Å²) >= 11 is 0. The van der Waals surface area contributed by atoms with Gasteiger partial charge in [0.1, 0.15) is 11.5 Å². The van der Waals surface area contributed by atoms with Crippen molar-refractivity contribution in [2.24, 2.45) is 4.99 Å². The topological polar surface area (TPSA) is 42.6 Å². The largest absolute Gasteiger partial charge is 0.469 e. The van der Waals surface area contributed by atoms with Crippen LogP contribution in [0, 0.1) is 13.8 Å². The van der Waals surface area contributed by atoms with Crippen molar-refractivity contribution < 1.29 is 44.3 Å². The van der Waals surface area contributed by atoms with Crippen LogP contribution < -0.4 is 0 Å². The van der Waals surface area contributed by atoms with Gasteiger partial charge in [-0.15, -0.1) is 0 Å². The summed E-state index contributed by atoms with van der Waals surface area (Å²) in [5, 5.41) is 0. The van der Waals surface area contributed by atoms with Crippen LogP contribution in [0.3, 0.4) is 0 Å². The second-order valence-electron chi connectivity index (χ2n) is 9.81. The van der Waals surface area contributed by atoms with Crippen LogP contribution >= 0.6 is 0 Å². The Kier molecular flexibility index (Phi) is 38.5. The lowest BCUT2D eigenvalue weighted by Gasteiger charge is -2.03. The van der Waals surface area contributed by atoms with Crippen molar-refractivity contribution in [3.8, 4) is 0 Å². The monoisotopic (exact) mass is 677 g/mol. The highest BCUT2D eigenvalue weighted by Crippen LogP contribution is 2.24. The zero-order valence-electron chi connectivity index (χ0n) is 29.5. The molecule has 0 fully saturated rings. The summed E-state index contributed by atoms with van der Waals surface area (Å²) in [6.07, 6.45) is 1.46. The van der Waals surface area contributed by atoms with Crippen LogP contribution in [-0.2, 0) is 4.79 Å². The second-order valence-corrected chi connectivity index (χ2v) is 9.81. The molecule has 2 rings (SSSR count). The molecule has 0 saturated carbocycles. The van der Waals surface area contributed by atoms with Crippen molar-refractivity contribution in [3.63, 3.8) is 0 Å². The summed E-state index contributed by atoms with van der Waals surface area (Å²) in [5.41, 5.74) is 3.59. The molecule has 11 heteroatoms. The number of nitrogens with zero attached hydrogens (tertiary/aromatic N) is 1. The molecule has 0 unspecified atom stereocenters. The lowest BCUT2D eigenvalue weighted by Crippen LogP contribution is -2.07. The van der Waals surface area contributed by atoms with E-state index in [1.165, 1.54) is 50.5 Å². The Balaban J connectivity index is -0.000000102. The molecule has 2 heterocycles. The third-order valence-electron chi connectivity index (χ3n) is 5.65. The molecular weight excluding hydrogens is 618 g/mol. The number of furan rings is 1.